The molecule has 0 aromatic carbocycles. The van der Waals surface area contributed by atoms with Gasteiger partial charge < -0.3 is 4.74 Å². The Labute approximate surface area is 124 Å². The number of amides is 1. The molecule has 1 atom stereocenters. The Balaban J connectivity index is 2.04. The molecule has 1 unspecified atom stereocenters. The van der Waals surface area contributed by atoms with Crippen molar-refractivity contribution in [3.8, 4) is 12.3 Å². The number of terminal acetylenes is 1. The highest BCUT2D eigenvalue weighted by atomic mass is 35.5. The first-order chi connectivity index (χ1) is 10.1. The van der Waals surface area contributed by atoms with Crippen LogP contribution in [-0.2, 0) is 14.5 Å². The van der Waals surface area contributed by atoms with Gasteiger partial charge in [0.15, 0.2) is 11.6 Å². The van der Waals surface area contributed by atoms with Gasteiger partial charge in [0.25, 0.3) is 5.91 Å². The third kappa shape index (κ3) is 2.08. The quantitative estimate of drug-likeness (QED) is 0.607. The minimum absolute atomic E-state index is 0.0248. The topological polar surface area (TPSA) is 60.2 Å². The molecule has 0 radical (unpaired) electrons. The molecule has 1 amide bonds. The first-order valence-corrected chi connectivity index (χ1v) is 6.45. The lowest BCUT2D eigenvalue weighted by molar-refractivity contribution is -0.135. The number of hydrogen-bond acceptors (Lipinski definition) is 4. The number of carbonyl (C=O) groups excluding carboxylic acids is 1. The van der Waals surface area contributed by atoms with Crippen LogP contribution in [0.1, 0.15) is 6.42 Å². The minimum Gasteiger partial charge on any atom is -0.482 e. The summed E-state index contributed by atoms with van der Waals surface area (Å²) >= 11 is 6.36. The zero-order valence-corrected chi connectivity index (χ0v) is 11.5. The van der Waals surface area contributed by atoms with E-state index in [-0.39, 0.29) is 31.2 Å². The number of nitrogens with zero attached hydrogens (tertiary/aromatic N) is 4. The Kier molecular flexibility index (Phi) is 3.18. The van der Waals surface area contributed by atoms with Crippen LogP contribution in [0.15, 0.2) is 36.0 Å². The lowest BCUT2D eigenvalue weighted by Crippen LogP contribution is -2.43. The van der Waals surface area contributed by atoms with Crippen molar-refractivity contribution >= 4 is 17.5 Å². The zero-order valence-electron chi connectivity index (χ0n) is 10.8. The molecular formula is C13H10ClFN4O2. The van der Waals surface area contributed by atoms with Gasteiger partial charge in [0, 0.05) is 12.5 Å². The molecule has 1 aromatic heterocycles. The summed E-state index contributed by atoms with van der Waals surface area (Å²) in [7, 11) is 0. The van der Waals surface area contributed by atoms with Crippen molar-refractivity contribution in [1.29, 1.82) is 0 Å². The SMILES string of the molecule is C#CCN1C(=O)COC2=C1CC(Cl)(n1cncn1)C(F)=C2. The summed E-state index contributed by atoms with van der Waals surface area (Å²) in [5, 5.41) is 3.88. The van der Waals surface area contributed by atoms with E-state index in [0.29, 0.717) is 5.70 Å². The van der Waals surface area contributed by atoms with Crippen LogP contribution in [0.4, 0.5) is 4.39 Å². The van der Waals surface area contributed by atoms with Crippen LogP contribution in [0.3, 0.4) is 0 Å². The van der Waals surface area contributed by atoms with Crippen molar-refractivity contribution in [2.45, 2.75) is 11.4 Å². The molecule has 6 nitrogen and oxygen atoms in total. The summed E-state index contributed by atoms with van der Waals surface area (Å²) in [4.78, 5) is 15.5. The highest BCUT2D eigenvalue weighted by Crippen LogP contribution is 2.44. The van der Waals surface area contributed by atoms with E-state index in [4.69, 9.17) is 22.8 Å². The van der Waals surface area contributed by atoms with Crippen LogP contribution in [0.25, 0.3) is 0 Å². The molecule has 0 saturated carbocycles. The number of allylic oxidation sites excluding steroid dienone is 3. The summed E-state index contributed by atoms with van der Waals surface area (Å²) in [5.74, 6) is 1.73. The summed E-state index contributed by atoms with van der Waals surface area (Å²) in [6.07, 6.45) is 8.97. The van der Waals surface area contributed by atoms with Gasteiger partial charge in [-0.2, -0.15) is 5.10 Å². The second-order valence-electron chi connectivity index (χ2n) is 4.55. The van der Waals surface area contributed by atoms with Gasteiger partial charge in [-0.05, 0) is 0 Å². The lowest BCUT2D eigenvalue weighted by Gasteiger charge is -2.37. The number of halogens is 2. The lowest BCUT2D eigenvalue weighted by atomic mass is 10.00. The smallest absolute Gasteiger partial charge is 0.265 e. The van der Waals surface area contributed by atoms with Crippen molar-refractivity contribution in [1.82, 2.24) is 19.7 Å². The molecule has 0 N–H and O–H groups in total. The zero-order chi connectivity index (χ0) is 15.0. The number of alkyl halides is 1. The van der Waals surface area contributed by atoms with Crippen LogP contribution in [0.2, 0.25) is 0 Å². The van der Waals surface area contributed by atoms with Crippen molar-refractivity contribution in [2.24, 2.45) is 0 Å². The van der Waals surface area contributed by atoms with Gasteiger partial charge in [-0.25, -0.2) is 14.1 Å². The van der Waals surface area contributed by atoms with E-state index in [9.17, 15) is 9.18 Å². The van der Waals surface area contributed by atoms with Crippen molar-refractivity contribution in [2.75, 3.05) is 13.2 Å². The third-order valence-corrected chi connectivity index (χ3v) is 3.81. The normalized spacial score (nSPS) is 25.1. The first-order valence-electron chi connectivity index (χ1n) is 6.07. The van der Waals surface area contributed by atoms with Crippen LogP contribution in [-0.4, -0.2) is 38.7 Å². The maximum atomic E-state index is 14.4. The number of ether oxygens (including phenoxy) is 1. The monoisotopic (exact) mass is 308 g/mol. The second kappa shape index (κ2) is 4.90. The van der Waals surface area contributed by atoms with Crippen molar-refractivity contribution < 1.29 is 13.9 Å². The van der Waals surface area contributed by atoms with E-state index in [2.05, 4.69) is 16.0 Å². The molecule has 0 bridgehead atoms. The van der Waals surface area contributed by atoms with Gasteiger partial charge in [-0.1, -0.05) is 17.5 Å². The number of carbonyl (C=O) groups is 1. The number of aromatic nitrogens is 3. The van der Waals surface area contributed by atoms with Crippen molar-refractivity contribution in [3.05, 3.63) is 36.0 Å². The first kappa shape index (κ1) is 13.6. The Bertz CT molecular complexity index is 692. The van der Waals surface area contributed by atoms with Gasteiger partial charge >= 0.3 is 0 Å². The maximum absolute atomic E-state index is 14.4. The van der Waals surface area contributed by atoms with Crippen LogP contribution < -0.4 is 0 Å². The minimum atomic E-state index is -1.58. The Morgan fingerprint density at radius 1 is 1.62 bits per heavy atom. The van der Waals surface area contributed by atoms with Gasteiger partial charge in [-0.15, -0.1) is 6.42 Å². The van der Waals surface area contributed by atoms with Gasteiger partial charge in [0.05, 0.1) is 12.2 Å². The molecular weight excluding hydrogens is 299 g/mol. The fourth-order valence-corrected chi connectivity index (χ4v) is 2.55. The van der Waals surface area contributed by atoms with Crippen molar-refractivity contribution in [3.63, 3.8) is 0 Å². The molecule has 0 saturated heterocycles. The average Bonchev–Trinajstić information content (AvgIpc) is 2.99. The van der Waals surface area contributed by atoms with Crippen LogP contribution in [0.5, 0.6) is 0 Å². The Hall–Kier alpha value is -2.33. The Morgan fingerprint density at radius 2 is 2.43 bits per heavy atom. The molecule has 3 rings (SSSR count). The molecule has 108 valence electrons. The molecule has 0 fully saturated rings. The van der Waals surface area contributed by atoms with E-state index in [1.165, 1.54) is 22.2 Å². The molecule has 21 heavy (non-hydrogen) atoms. The highest BCUT2D eigenvalue weighted by Gasteiger charge is 2.44. The highest BCUT2D eigenvalue weighted by molar-refractivity contribution is 6.24. The van der Waals surface area contributed by atoms with E-state index in [1.807, 2.05) is 0 Å². The summed E-state index contributed by atoms with van der Waals surface area (Å²) in [6, 6.07) is 0. The van der Waals surface area contributed by atoms with E-state index >= 15 is 0 Å². The summed E-state index contributed by atoms with van der Waals surface area (Å²) in [6.45, 7) is -0.107. The summed E-state index contributed by atoms with van der Waals surface area (Å²) < 4.78 is 20.8. The molecule has 8 heteroatoms. The fraction of sp³-hybridized carbons (Fsp3) is 0.308. The van der Waals surface area contributed by atoms with Gasteiger partial charge in [0.2, 0.25) is 0 Å². The predicted molar refractivity (Wildman–Crippen MR) is 71.2 cm³/mol. The molecule has 1 aromatic rings. The molecule has 2 heterocycles. The summed E-state index contributed by atoms with van der Waals surface area (Å²) in [5.41, 5.74) is 0.441. The van der Waals surface area contributed by atoms with Crippen LogP contribution in [0, 0.1) is 12.3 Å². The third-order valence-electron chi connectivity index (χ3n) is 3.32. The second-order valence-corrected chi connectivity index (χ2v) is 5.18. The number of rotatable bonds is 2. The van der Waals surface area contributed by atoms with Gasteiger partial charge in [0.1, 0.15) is 24.2 Å². The molecule has 1 aliphatic heterocycles. The fourth-order valence-electron chi connectivity index (χ4n) is 2.28. The predicted octanol–water partition coefficient (Wildman–Crippen LogP) is 1.13. The van der Waals surface area contributed by atoms with Gasteiger partial charge in [-0.3, -0.25) is 9.69 Å². The standard InChI is InChI=1S/C13H10ClFN4O2/c1-2-3-18-9-5-13(14,19-8-16-7-17-19)11(15)4-10(9)21-6-12(18)20/h1,4,7-8H,3,5-6H2. The van der Waals surface area contributed by atoms with E-state index in [1.54, 1.807) is 0 Å². The average molecular weight is 309 g/mol. The maximum Gasteiger partial charge on any atom is 0.265 e. The van der Waals surface area contributed by atoms with E-state index in [0.717, 1.165) is 6.08 Å². The molecule has 1 aliphatic carbocycles. The van der Waals surface area contributed by atoms with Crippen LogP contribution >= 0.6 is 11.6 Å². The largest absolute Gasteiger partial charge is 0.482 e. The van der Waals surface area contributed by atoms with E-state index < -0.39 is 10.8 Å². The molecule has 2 aliphatic rings. The molecule has 0 spiro atoms. The Morgan fingerprint density at radius 3 is 3.10 bits per heavy atom. The number of hydrogen-bond donors (Lipinski definition) is 0.